The third kappa shape index (κ3) is 4.58. The zero-order valence-corrected chi connectivity index (χ0v) is 20.4. The van der Waals surface area contributed by atoms with Gasteiger partial charge in [-0.3, -0.25) is 4.79 Å². The van der Waals surface area contributed by atoms with Crippen molar-refractivity contribution in [2.24, 2.45) is 5.92 Å². The smallest absolute Gasteiger partial charge is 0.244 e. The van der Waals surface area contributed by atoms with Gasteiger partial charge in [-0.25, -0.2) is 13.4 Å². The van der Waals surface area contributed by atoms with Crippen LogP contribution in [0.5, 0.6) is 0 Å². The quantitative estimate of drug-likeness (QED) is 0.462. The summed E-state index contributed by atoms with van der Waals surface area (Å²) in [5.74, 6) is -0.448. The fourth-order valence-electron chi connectivity index (χ4n) is 3.53. The van der Waals surface area contributed by atoms with Gasteiger partial charge in [-0.1, -0.05) is 46.7 Å². The molecule has 1 aliphatic rings. The van der Waals surface area contributed by atoms with Gasteiger partial charge in [0.1, 0.15) is 5.52 Å². The average molecular weight is 516 g/mol. The second-order valence-electron chi connectivity index (χ2n) is 7.05. The fraction of sp³-hybridized carbons (Fsp3) is 0.300. The Morgan fingerprint density at radius 2 is 1.90 bits per heavy atom. The van der Waals surface area contributed by atoms with E-state index in [1.807, 2.05) is 18.4 Å². The van der Waals surface area contributed by atoms with Gasteiger partial charge < -0.3 is 5.32 Å². The molecule has 2 aromatic carbocycles. The highest BCUT2D eigenvalue weighted by molar-refractivity contribution is 7.99. The lowest BCUT2D eigenvalue weighted by Crippen LogP contribution is -2.41. The van der Waals surface area contributed by atoms with E-state index in [2.05, 4.69) is 10.3 Å². The standard InChI is InChI=1S/C20H19Cl2N3O3S3/c1-29-14-4-2-3-5-16(14)31(27,28)25-10-8-12(9-11-25)19(26)24-20-23-18-15(30-20)7-6-13(21)17(18)22/h2-7,12H,8-11H2,1H3,(H,23,24,26). The highest BCUT2D eigenvalue weighted by Crippen LogP contribution is 2.36. The molecule has 1 amide bonds. The number of amides is 1. The lowest BCUT2D eigenvalue weighted by atomic mass is 9.97. The first-order chi connectivity index (χ1) is 14.8. The first-order valence-electron chi connectivity index (χ1n) is 9.50. The Morgan fingerprint density at radius 3 is 2.61 bits per heavy atom. The van der Waals surface area contributed by atoms with Gasteiger partial charge >= 0.3 is 0 Å². The molecule has 0 saturated carbocycles. The molecule has 0 atom stereocenters. The van der Waals surface area contributed by atoms with Gasteiger partial charge in [0.05, 0.1) is 19.6 Å². The van der Waals surface area contributed by atoms with Gasteiger partial charge in [-0.2, -0.15) is 4.31 Å². The van der Waals surface area contributed by atoms with Crippen LogP contribution in [-0.4, -0.2) is 43.0 Å². The molecule has 3 aromatic rings. The number of hydrogen-bond acceptors (Lipinski definition) is 6. The molecule has 31 heavy (non-hydrogen) atoms. The molecule has 0 spiro atoms. The Bertz CT molecular complexity index is 1240. The van der Waals surface area contributed by atoms with Crippen LogP contribution in [0.1, 0.15) is 12.8 Å². The first kappa shape index (κ1) is 22.8. The third-order valence-electron chi connectivity index (χ3n) is 5.19. The number of piperidine rings is 1. The van der Waals surface area contributed by atoms with Crippen molar-refractivity contribution in [1.82, 2.24) is 9.29 Å². The van der Waals surface area contributed by atoms with Crippen LogP contribution >= 0.6 is 46.3 Å². The summed E-state index contributed by atoms with van der Waals surface area (Å²) in [6.45, 7) is 0.592. The molecule has 164 valence electrons. The number of nitrogens with one attached hydrogen (secondary N) is 1. The minimum atomic E-state index is -3.60. The average Bonchev–Trinajstić information content (AvgIpc) is 3.19. The number of benzene rings is 2. The summed E-state index contributed by atoms with van der Waals surface area (Å²) >= 11 is 14.9. The van der Waals surface area contributed by atoms with E-state index in [0.29, 0.717) is 51.5 Å². The number of rotatable bonds is 5. The number of thiazole rings is 1. The number of anilines is 1. The van der Waals surface area contributed by atoms with Gasteiger partial charge in [-0.05, 0) is 43.4 Å². The molecule has 1 fully saturated rings. The van der Waals surface area contributed by atoms with Crippen LogP contribution in [0.15, 0.2) is 46.2 Å². The van der Waals surface area contributed by atoms with Gasteiger partial charge in [0.25, 0.3) is 0 Å². The zero-order chi connectivity index (χ0) is 22.2. The Balaban J connectivity index is 1.43. The summed E-state index contributed by atoms with van der Waals surface area (Å²) in [5.41, 5.74) is 0.558. The summed E-state index contributed by atoms with van der Waals surface area (Å²) in [6.07, 6.45) is 2.75. The second-order valence-corrected chi connectivity index (χ2v) is 11.6. The molecule has 0 radical (unpaired) electrons. The van der Waals surface area contributed by atoms with E-state index < -0.39 is 10.0 Å². The van der Waals surface area contributed by atoms with Crippen molar-refractivity contribution in [3.8, 4) is 0 Å². The van der Waals surface area contributed by atoms with Crippen molar-refractivity contribution in [3.05, 3.63) is 46.4 Å². The number of thioether (sulfide) groups is 1. The van der Waals surface area contributed by atoms with E-state index in [9.17, 15) is 13.2 Å². The Hall–Kier alpha value is -1.36. The molecule has 11 heteroatoms. The van der Waals surface area contributed by atoms with Crippen LogP contribution in [0.25, 0.3) is 10.2 Å². The van der Waals surface area contributed by atoms with E-state index in [1.165, 1.54) is 27.4 Å². The van der Waals surface area contributed by atoms with Crippen LogP contribution in [0.4, 0.5) is 5.13 Å². The van der Waals surface area contributed by atoms with E-state index in [0.717, 1.165) is 9.60 Å². The molecule has 0 unspecified atom stereocenters. The molecule has 1 aliphatic heterocycles. The molecule has 1 aromatic heterocycles. The van der Waals surface area contributed by atoms with E-state index in [1.54, 1.807) is 24.3 Å². The van der Waals surface area contributed by atoms with Crippen molar-refractivity contribution in [3.63, 3.8) is 0 Å². The Morgan fingerprint density at radius 1 is 1.19 bits per heavy atom. The second kappa shape index (κ2) is 9.25. The SMILES string of the molecule is CSc1ccccc1S(=O)(=O)N1CCC(C(=O)Nc2nc3c(Cl)c(Cl)ccc3s2)CC1. The molecule has 4 rings (SSSR count). The summed E-state index contributed by atoms with van der Waals surface area (Å²) in [7, 11) is -3.60. The molecule has 2 heterocycles. The predicted octanol–water partition coefficient (Wildman–Crippen LogP) is 5.36. The molecule has 0 bridgehead atoms. The van der Waals surface area contributed by atoms with E-state index in [4.69, 9.17) is 23.2 Å². The van der Waals surface area contributed by atoms with Crippen LogP contribution in [0.2, 0.25) is 10.0 Å². The van der Waals surface area contributed by atoms with Crippen molar-refractivity contribution >= 4 is 77.6 Å². The summed E-state index contributed by atoms with van der Waals surface area (Å²) in [4.78, 5) is 18.2. The molecule has 1 saturated heterocycles. The van der Waals surface area contributed by atoms with Gasteiger partial charge in [0, 0.05) is 23.9 Å². The largest absolute Gasteiger partial charge is 0.302 e. The number of fused-ring (bicyclic) bond motifs is 1. The number of hydrogen-bond donors (Lipinski definition) is 1. The predicted molar refractivity (Wildman–Crippen MR) is 128 cm³/mol. The minimum Gasteiger partial charge on any atom is -0.302 e. The summed E-state index contributed by atoms with van der Waals surface area (Å²) < 4.78 is 28.4. The molecule has 0 aliphatic carbocycles. The number of nitrogens with zero attached hydrogens (tertiary/aromatic N) is 2. The monoisotopic (exact) mass is 515 g/mol. The molecule has 6 nitrogen and oxygen atoms in total. The molecular weight excluding hydrogens is 497 g/mol. The number of halogens is 2. The highest BCUT2D eigenvalue weighted by atomic mass is 35.5. The van der Waals surface area contributed by atoms with Crippen LogP contribution < -0.4 is 5.32 Å². The van der Waals surface area contributed by atoms with Gasteiger partial charge in [0.15, 0.2) is 5.13 Å². The maximum Gasteiger partial charge on any atom is 0.244 e. The van der Waals surface area contributed by atoms with Crippen molar-refractivity contribution in [2.45, 2.75) is 22.6 Å². The number of aromatic nitrogens is 1. The minimum absolute atomic E-state index is 0.164. The van der Waals surface area contributed by atoms with E-state index in [-0.39, 0.29) is 11.8 Å². The van der Waals surface area contributed by atoms with Crippen LogP contribution in [-0.2, 0) is 14.8 Å². The number of carbonyl (C=O) groups excluding carboxylic acids is 1. The Kier molecular flexibility index (Phi) is 6.81. The van der Waals surface area contributed by atoms with E-state index >= 15 is 0 Å². The lowest BCUT2D eigenvalue weighted by molar-refractivity contribution is -0.120. The normalized spacial score (nSPS) is 16.0. The van der Waals surface area contributed by atoms with Crippen LogP contribution in [0, 0.1) is 5.92 Å². The first-order valence-corrected chi connectivity index (χ1v) is 13.7. The molecule has 1 N–H and O–H groups in total. The van der Waals surface area contributed by atoms with Gasteiger partial charge in [0.2, 0.25) is 15.9 Å². The van der Waals surface area contributed by atoms with Crippen molar-refractivity contribution in [2.75, 3.05) is 24.7 Å². The maximum absolute atomic E-state index is 13.1. The number of sulfonamides is 1. The topological polar surface area (TPSA) is 79.4 Å². The lowest BCUT2D eigenvalue weighted by Gasteiger charge is -2.30. The summed E-state index contributed by atoms with van der Waals surface area (Å²) in [6, 6.07) is 10.5. The third-order valence-corrected chi connectivity index (χ3v) is 9.81. The number of carbonyl (C=O) groups is 1. The van der Waals surface area contributed by atoms with Crippen molar-refractivity contribution < 1.29 is 13.2 Å². The van der Waals surface area contributed by atoms with Crippen LogP contribution in [0.3, 0.4) is 0 Å². The maximum atomic E-state index is 13.1. The van der Waals surface area contributed by atoms with Crippen molar-refractivity contribution in [1.29, 1.82) is 0 Å². The highest BCUT2D eigenvalue weighted by Gasteiger charge is 2.33. The Labute approximate surface area is 199 Å². The molecular formula is C20H19Cl2N3O3S3. The fourth-order valence-corrected chi connectivity index (χ4v) is 7.41. The zero-order valence-electron chi connectivity index (χ0n) is 16.5. The van der Waals surface area contributed by atoms with Gasteiger partial charge in [-0.15, -0.1) is 11.8 Å². The summed E-state index contributed by atoms with van der Waals surface area (Å²) in [5, 5.41) is 4.07.